The fourth-order valence-electron chi connectivity index (χ4n) is 3.21. The molecule has 0 aliphatic heterocycles. The summed E-state index contributed by atoms with van der Waals surface area (Å²) < 4.78 is 16.3. The Morgan fingerprint density at radius 1 is 1.06 bits per heavy atom. The van der Waals surface area contributed by atoms with Gasteiger partial charge in [-0.3, -0.25) is 4.79 Å². The molecule has 0 aromatic heterocycles. The van der Waals surface area contributed by atoms with E-state index in [0.717, 1.165) is 12.8 Å². The molecular weight excluding hydrogens is 444 g/mol. The zero-order chi connectivity index (χ0) is 23.2. The third-order valence-electron chi connectivity index (χ3n) is 5.08. The van der Waals surface area contributed by atoms with Gasteiger partial charge in [0.15, 0.2) is 0 Å². The molecule has 0 aliphatic carbocycles. The Morgan fingerprint density at radius 3 is 2.45 bits per heavy atom. The molecule has 0 spiro atoms. The van der Waals surface area contributed by atoms with Gasteiger partial charge in [-0.25, -0.2) is 0 Å². The van der Waals surface area contributed by atoms with E-state index < -0.39 is 12.0 Å². The Morgan fingerprint density at radius 2 is 1.76 bits per heavy atom. The van der Waals surface area contributed by atoms with Crippen molar-refractivity contribution in [2.75, 3.05) is 39.6 Å². The van der Waals surface area contributed by atoms with E-state index in [1.807, 2.05) is 25.1 Å². The minimum Gasteiger partial charge on any atom is -0.490 e. The van der Waals surface area contributed by atoms with Gasteiger partial charge in [0.05, 0.1) is 31.5 Å². The first-order valence-electron chi connectivity index (χ1n) is 11.2. The van der Waals surface area contributed by atoms with Crippen LogP contribution in [0.25, 0.3) is 0 Å². The van der Waals surface area contributed by atoms with Crippen LogP contribution in [0, 0.1) is 0 Å². The highest BCUT2D eigenvalue weighted by Crippen LogP contribution is 2.23. The number of nitrogens with two attached hydrogens (primary N) is 1. The van der Waals surface area contributed by atoms with E-state index in [0.29, 0.717) is 44.3 Å². The average molecular weight is 481 g/mol. The van der Waals surface area contributed by atoms with E-state index in [1.54, 1.807) is 18.2 Å². The van der Waals surface area contributed by atoms with E-state index in [2.05, 4.69) is 24.4 Å². The van der Waals surface area contributed by atoms with Crippen molar-refractivity contribution in [1.29, 1.82) is 0 Å². The van der Waals surface area contributed by atoms with Crippen LogP contribution in [-0.2, 0) is 15.9 Å². The molecule has 0 saturated carbocycles. The molecule has 8 heteroatoms. The summed E-state index contributed by atoms with van der Waals surface area (Å²) in [6.45, 7) is 6.74. The number of carbonyl (C=O) groups excluding carboxylic acids is 1. The maximum Gasteiger partial charge on any atom is 0.252 e. The number of hydrogen-bond acceptors (Lipinski definition) is 6. The lowest BCUT2D eigenvalue weighted by molar-refractivity contribution is 0.0403. The van der Waals surface area contributed by atoms with Gasteiger partial charge >= 0.3 is 0 Å². The Labute approximate surface area is 203 Å². The van der Waals surface area contributed by atoms with E-state index in [1.165, 1.54) is 5.56 Å². The largest absolute Gasteiger partial charge is 0.490 e. The predicted molar refractivity (Wildman–Crippen MR) is 132 cm³/mol. The van der Waals surface area contributed by atoms with Crippen molar-refractivity contribution < 1.29 is 24.1 Å². The standard InChI is InChI=1S/C25H36N2O5.ClH/c1-3-30-13-14-31-15-16-32-24-12-11-21(17-22(24)25(26)29)23(28)18-27-19(2)9-10-20-7-5-4-6-8-20;/h4-8,11-12,17,19,23,27-28H,3,9-10,13-16,18H2,1-2H3,(H2,26,29);1H. The number of aliphatic hydroxyl groups excluding tert-OH is 1. The predicted octanol–water partition coefficient (Wildman–Crippen LogP) is 3.28. The summed E-state index contributed by atoms with van der Waals surface area (Å²) in [7, 11) is 0. The molecule has 33 heavy (non-hydrogen) atoms. The lowest BCUT2D eigenvalue weighted by Gasteiger charge is -2.19. The smallest absolute Gasteiger partial charge is 0.252 e. The van der Waals surface area contributed by atoms with E-state index in [-0.39, 0.29) is 30.6 Å². The first kappa shape index (κ1) is 28.9. The van der Waals surface area contributed by atoms with Crippen LogP contribution in [0.1, 0.15) is 47.9 Å². The summed E-state index contributed by atoms with van der Waals surface area (Å²) in [6.07, 6.45) is 1.17. The van der Waals surface area contributed by atoms with Gasteiger partial charge in [-0.1, -0.05) is 36.4 Å². The quantitative estimate of drug-likeness (QED) is 0.318. The van der Waals surface area contributed by atoms with Crippen LogP contribution in [0.15, 0.2) is 48.5 Å². The summed E-state index contributed by atoms with van der Waals surface area (Å²) >= 11 is 0. The topological polar surface area (TPSA) is 103 Å². The number of ether oxygens (including phenoxy) is 3. The monoisotopic (exact) mass is 480 g/mol. The number of primary amides is 1. The van der Waals surface area contributed by atoms with Crippen molar-refractivity contribution >= 4 is 18.3 Å². The van der Waals surface area contributed by atoms with E-state index in [9.17, 15) is 9.90 Å². The molecule has 0 radical (unpaired) electrons. The maximum atomic E-state index is 11.9. The third-order valence-corrected chi connectivity index (χ3v) is 5.08. The highest BCUT2D eigenvalue weighted by molar-refractivity contribution is 5.95. The van der Waals surface area contributed by atoms with Gasteiger partial charge in [0, 0.05) is 19.2 Å². The molecule has 0 aliphatic rings. The zero-order valence-electron chi connectivity index (χ0n) is 19.5. The van der Waals surface area contributed by atoms with Crippen LogP contribution in [-0.4, -0.2) is 56.6 Å². The van der Waals surface area contributed by atoms with Crippen LogP contribution >= 0.6 is 12.4 Å². The van der Waals surface area contributed by atoms with Crippen LogP contribution < -0.4 is 15.8 Å². The highest BCUT2D eigenvalue weighted by atomic mass is 35.5. The summed E-state index contributed by atoms with van der Waals surface area (Å²) in [4.78, 5) is 11.9. The van der Waals surface area contributed by atoms with Crippen LogP contribution in [0.3, 0.4) is 0 Å². The number of hydrogen-bond donors (Lipinski definition) is 3. The minimum atomic E-state index is -0.761. The van der Waals surface area contributed by atoms with Crippen molar-refractivity contribution in [2.24, 2.45) is 5.73 Å². The number of amides is 1. The van der Waals surface area contributed by atoms with Gasteiger partial charge in [0.2, 0.25) is 0 Å². The van der Waals surface area contributed by atoms with Gasteiger partial charge in [-0.2, -0.15) is 0 Å². The molecule has 4 N–H and O–H groups in total. The fraction of sp³-hybridized carbons (Fsp3) is 0.480. The van der Waals surface area contributed by atoms with Crippen molar-refractivity contribution in [1.82, 2.24) is 5.32 Å². The van der Waals surface area contributed by atoms with Crippen molar-refractivity contribution in [2.45, 2.75) is 38.8 Å². The second kappa shape index (κ2) is 16.5. The van der Waals surface area contributed by atoms with Gasteiger partial charge in [-0.15, -0.1) is 12.4 Å². The first-order chi connectivity index (χ1) is 15.5. The van der Waals surface area contributed by atoms with E-state index >= 15 is 0 Å². The zero-order valence-corrected chi connectivity index (χ0v) is 20.3. The molecule has 0 heterocycles. The molecule has 2 unspecified atom stereocenters. The Hall–Kier alpha value is -2.16. The Kier molecular flexibility index (Phi) is 14.4. The number of halogens is 1. The number of carbonyl (C=O) groups is 1. The molecule has 2 atom stereocenters. The number of nitrogens with one attached hydrogen (secondary N) is 1. The third kappa shape index (κ3) is 11.0. The number of aryl methyl sites for hydroxylation is 1. The minimum absolute atomic E-state index is 0. The molecule has 7 nitrogen and oxygen atoms in total. The molecule has 2 rings (SSSR count). The van der Waals surface area contributed by atoms with Crippen molar-refractivity contribution in [3.8, 4) is 5.75 Å². The normalized spacial score (nSPS) is 12.6. The lowest BCUT2D eigenvalue weighted by atomic mass is 10.0. The Bertz CT molecular complexity index is 807. The second-order valence-electron chi connectivity index (χ2n) is 7.63. The van der Waals surface area contributed by atoms with Gasteiger partial charge < -0.3 is 30.4 Å². The SMILES string of the molecule is CCOCCOCCOc1ccc(C(O)CNC(C)CCc2ccccc2)cc1C(N)=O.Cl. The molecule has 1 amide bonds. The van der Waals surface area contributed by atoms with Gasteiger partial charge in [0.25, 0.3) is 5.91 Å². The van der Waals surface area contributed by atoms with Crippen molar-refractivity contribution in [3.63, 3.8) is 0 Å². The summed E-state index contributed by atoms with van der Waals surface area (Å²) in [5.74, 6) is -0.221. The average Bonchev–Trinajstić information content (AvgIpc) is 2.81. The van der Waals surface area contributed by atoms with Crippen LogP contribution in [0.4, 0.5) is 0 Å². The maximum absolute atomic E-state index is 11.9. The molecule has 0 fully saturated rings. The van der Waals surface area contributed by atoms with Crippen LogP contribution in [0.2, 0.25) is 0 Å². The van der Waals surface area contributed by atoms with Crippen molar-refractivity contribution in [3.05, 3.63) is 65.2 Å². The number of aliphatic hydroxyl groups is 1. The second-order valence-corrected chi connectivity index (χ2v) is 7.63. The van der Waals surface area contributed by atoms with Crippen LogP contribution in [0.5, 0.6) is 5.75 Å². The molecule has 2 aromatic carbocycles. The van der Waals surface area contributed by atoms with Gasteiger partial charge in [0.1, 0.15) is 12.4 Å². The lowest BCUT2D eigenvalue weighted by Crippen LogP contribution is -2.31. The summed E-state index contributed by atoms with van der Waals surface area (Å²) in [6, 6.07) is 15.6. The fourth-order valence-corrected chi connectivity index (χ4v) is 3.21. The number of benzene rings is 2. The number of rotatable bonds is 16. The molecule has 184 valence electrons. The van der Waals surface area contributed by atoms with Gasteiger partial charge in [-0.05, 0) is 49.9 Å². The molecule has 2 aromatic rings. The summed E-state index contributed by atoms with van der Waals surface area (Å²) in [5.41, 5.74) is 7.67. The van der Waals surface area contributed by atoms with E-state index in [4.69, 9.17) is 19.9 Å². The first-order valence-corrected chi connectivity index (χ1v) is 11.2. The molecule has 0 bridgehead atoms. The molecular formula is C25H37ClN2O5. The highest BCUT2D eigenvalue weighted by Gasteiger charge is 2.16. The molecule has 0 saturated heterocycles. The Balaban J connectivity index is 0.00000544. The summed E-state index contributed by atoms with van der Waals surface area (Å²) in [5, 5.41) is 13.9.